The molecule has 9 heteroatoms. The van der Waals surface area contributed by atoms with Crippen LogP contribution in [0.2, 0.25) is 5.02 Å². The van der Waals surface area contributed by atoms with E-state index in [4.69, 9.17) is 21.1 Å². The van der Waals surface area contributed by atoms with Gasteiger partial charge in [-0.25, -0.2) is 4.39 Å². The van der Waals surface area contributed by atoms with Crippen LogP contribution in [0.15, 0.2) is 47.4 Å². The van der Waals surface area contributed by atoms with E-state index in [-0.39, 0.29) is 34.9 Å². The van der Waals surface area contributed by atoms with E-state index in [0.29, 0.717) is 31.2 Å². The molecule has 1 atom stereocenters. The summed E-state index contributed by atoms with van der Waals surface area (Å²) < 4.78 is 25.8. The van der Waals surface area contributed by atoms with Gasteiger partial charge in [0, 0.05) is 36.3 Å². The van der Waals surface area contributed by atoms with Crippen LogP contribution in [0.3, 0.4) is 0 Å². The molecule has 1 aliphatic heterocycles. The van der Waals surface area contributed by atoms with Crippen molar-refractivity contribution in [3.63, 3.8) is 0 Å². The first kappa shape index (κ1) is 25.3. The highest BCUT2D eigenvalue weighted by Crippen LogP contribution is 2.19. The van der Waals surface area contributed by atoms with E-state index < -0.39 is 23.8 Å². The quantitative estimate of drug-likeness (QED) is 0.423. The normalized spacial score (nSPS) is 15.9. The van der Waals surface area contributed by atoms with Crippen molar-refractivity contribution in [2.24, 2.45) is 0 Å². The Hall–Kier alpha value is -2.78. The van der Waals surface area contributed by atoms with Crippen LogP contribution in [0.5, 0.6) is 0 Å². The lowest BCUT2D eigenvalue weighted by Gasteiger charge is -2.25. The first-order chi connectivity index (χ1) is 17.0. The fourth-order valence-corrected chi connectivity index (χ4v) is 4.27. The van der Waals surface area contributed by atoms with Crippen molar-refractivity contribution >= 4 is 28.4 Å². The van der Waals surface area contributed by atoms with Crippen LogP contribution in [-0.4, -0.2) is 46.9 Å². The molecule has 0 radical (unpaired) electrons. The molecule has 7 nitrogen and oxygen atoms in total. The molecule has 2 aromatic carbocycles. The second-order valence-corrected chi connectivity index (χ2v) is 9.00. The number of H-pyrrole nitrogens is 1. The lowest BCUT2D eigenvalue weighted by molar-refractivity contribution is -0.162. The number of ether oxygens (including phenoxy) is 2. The van der Waals surface area contributed by atoms with Crippen molar-refractivity contribution in [3.05, 3.63) is 80.3 Å². The number of amides is 1. The molecule has 3 aromatic rings. The van der Waals surface area contributed by atoms with Crippen LogP contribution in [0.25, 0.3) is 10.9 Å². The van der Waals surface area contributed by atoms with E-state index in [1.54, 1.807) is 17.0 Å². The third-order valence-corrected chi connectivity index (χ3v) is 6.25. The molecule has 4 rings (SSSR count). The molecule has 35 heavy (non-hydrogen) atoms. The molecular formula is C26H28ClFN2O5. The van der Waals surface area contributed by atoms with Crippen molar-refractivity contribution in [3.8, 4) is 0 Å². The molecule has 2 heterocycles. The molecule has 1 aliphatic rings. The van der Waals surface area contributed by atoms with Gasteiger partial charge in [0.05, 0.1) is 18.7 Å². The van der Waals surface area contributed by atoms with Crippen LogP contribution in [0.1, 0.15) is 47.2 Å². The van der Waals surface area contributed by atoms with Crippen LogP contribution in [-0.2, 0) is 22.6 Å². The molecule has 0 spiro atoms. The minimum Gasteiger partial charge on any atom is -0.392 e. The maximum atomic E-state index is 14.4. The minimum absolute atomic E-state index is 0.00566. The zero-order valence-corrected chi connectivity index (χ0v) is 20.0. The predicted octanol–water partition coefficient (Wildman–Crippen LogP) is 4.39. The number of benzene rings is 2. The number of carbonyl (C=O) groups is 1. The standard InChI is InChI=1S/C26H28ClFN2O5/c27-19-7-5-17(6-8-19)15-30(9-3-11-35-23-4-1-2-10-34-23)26(33)21-14-29-24-20(25(21)32)12-18(16-31)13-22(24)28/h5-8,12-14,23,31H,1-4,9-11,15-16H2,(H,29,32). The van der Waals surface area contributed by atoms with Gasteiger partial charge in [-0.3, -0.25) is 9.59 Å². The Balaban J connectivity index is 1.55. The summed E-state index contributed by atoms with van der Waals surface area (Å²) >= 11 is 5.99. The van der Waals surface area contributed by atoms with Crippen LogP contribution in [0.4, 0.5) is 4.39 Å². The van der Waals surface area contributed by atoms with E-state index in [2.05, 4.69) is 4.98 Å². The smallest absolute Gasteiger partial charge is 0.259 e. The summed E-state index contributed by atoms with van der Waals surface area (Å²) in [6.45, 7) is 1.29. The number of halogens is 2. The van der Waals surface area contributed by atoms with E-state index in [1.165, 1.54) is 12.3 Å². The molecule has 2 N–H and O–H groups in total. The topological polar surface area (TPSA) is 91.9 Å². The molecule has 1 fully saturated rings. The lowest BCUT2D eigenvalue weighted by atomic mass is 10.1. The third-order valence-electron chi connectivity index (χ3n) is 6.00. The second kappa shape index (κ2) is 11.8. The first-order valence-corrected chi connectivity index (χ1v) is 12.1. The largest absolute Gasteiger partial charge is 0.392 e. The van der Waals surface area contributed by atoms with Gasteiger partial charge in [0.25, 0.3) is 5.91 Å². The lowest BCUT2D eigenvalue weighted by Crippen LogP contribution is -2.35. The summed E-state index contributed by atoms with van der Waals surface area (Å²) in [5, 5.41) is 9.99. The summed E-state index contributed by atoms with van der Waals surface area (Å²) in [5.74, 6) is -1.14. The second-order valence-electron chi connectivity index (χ2n) is 8.56. The Morgan fingerprint density at radius 3 is 2.74 bits per heavy atom. The van der Waals surface area contributed by atoms with Crippen LogP contribution in [0, 0.1) is 5.82 Å². The monoisotopic (exact) mass is 502 g/mol. The molecule has 186 valence electrons. The fraction of sp³-hybridized carbons (Fsp3) is 0.385. The van der Waals surface area contributed by atoms with Crippen molar-refractivity contribution in [2.75, 3.05) is 19.8 Å². The average Bonchev–Trinajstić information content (AvgIpc) is 2.87. The van der Waals surface area contributed by atoms with E-state index in [1.807, 2.05) is 12.1 Å². The first-order valence-electron chi connectivity index (χ1n) is 11.7. The number of nitrogens with zero attached hydrogens (tertiary/aromatic N) is 1. The van der Waals surface area contributed by atoms with Crippen LogP contribution >= 0.6 is 11.6 Å². The molecule has 1 saturated heterocycles. The maximum Gasteiger partial charge on any atom is 0.259 e. The number of aliphatic hydroxyl groups is 1. The highest BCUT2D eigenvalue weighted by molar-refractivity contribution is 6.30. The predicted molar refractivity (Wildman–Crippen MR) is 131 cm³/mol. The van der Waals surface area contributed by atoms with Gasteiger partial charge in [0.1, 0.15) is 11.4 Å². The number of hydrogen-bond donors (Lipinski definition) is 2. The Labute approximate surface area is 207 Å². The van der Waals surface area contributed by atoms with Crippen molar-refractivity contribution < 1.29 is 23.8 Å². The molecule has 1 amide bonds. The average molecular weight is 503 g/mol. The summed E-state index contributed by atoms with van der Waals surface area (Å²) in [5.41, 5.74) is 0.410. The fourth-order valence-electron chi connectivity index (χ4n) is 4.14. The van der Waals surface area contributed by atoms with E-state index in [0.717, 1.165) is 30.9 Å². The number of pyridine rings is 1. The van der Waals surface area contributed by atoms with Crippen molar-refractivity contribution in [2.45, 2.75) is 45.1 Å². The molecular weight excluding hydrogens is 475 g/mol. The van der Waals surface area contributed by atoms with Gasteiger partial charge in [0.2, 0.25) is 5.43 Å². The highest BCUT2D eigenvalue weighted by Gasteiger charge is 2.22. The number of aliphatic hydroxyl groups excluding tert-OH is 1. The third kappa shape index (κ3) is 6.27. The van der Waals surface area contributed by atoms with Gasteiger partial charge >= 0.3 is 0 Å². The zero-order valence-electron chi connectivity index (χ0n) is 19.3. The molecule has 1 unspecified atom stereocenters. The van der Waals surface area contributed by atoms with E-state index in [9.17, 15) is 19.1 Å². The van der Waals surface area contributed by atoms with E-state index >= 15 is 0 Å². The van der Waals surface area contributed by atoms with Crippen molar-refractivity contribution in [1.82, 2.24) is 9.88 Å². The van der Waals surface area contributed by atoms with Gasteiger partial charge < -0.3 is 24.5 Å². The van der Waals surface area contributed by atoms with Gasteiger partial charge in [0.15, 0.2) is 6.29 Å². The number of rotatable bonds is 9. The molecule has 0 aliphatic carbocycles. The number of aromatic nitrogens is 1. The molecule has 0 bridgehead atoms. The van der Waals surface area contributed by atoms with Gasteiger partial charge in [-0.1, -0.05) is 23.7 Å². The Bertz CT molecular complexity index is 1220. The molecule has 1 aromatic heterocycles. The number of carbonyl (C=O) groups excluding carboxylic acids is 1. The van der Waals surface area contributed by atoms with Gasteiger partial charge in [-0.05, 0) is 61.1 Å². The van der Waals surface area contributed by atoms with Crippen molar-refractivity contribution in [1.29, 1.82) is 0 Å². The minimum atomic E-state index is -0.664. The number of nitrogens with one attached hydrogen (secondary N) is 1. The maximum absolute atomic E-state index is 14.4. The van der Waals surface area contributed by atoms with Gasteiger partial charge in [-0.15, -0.1) is 0 Å². The Kier molecular flexibility index (Phi) is 8.51. The Morgan fingerprint density at radius 2 is 2.03 bits per heavy atom. The van der Waals surface area contributed by atoms with Crippen LogP contribution < -0.4 is 5.43 Å². The summed E-state index contributed by atoms with van der Waals surface area (Å²) in [7, 11) is 0. The number of fused-ring (bicyclic) bond motifs is 1. The SMILES string of the molecule is O=C(c1c[nH]c2c(F)cc(CO)cc2c1=O)N(CCCOC1CCCCO1)Cc1ccc(Cl)cc1. The summed E-state index contributed by atoms with van der Waals surface area (Å²) in [6, 6.07) is 9.68. The molecule has 0 saturated carbocycles. The summed E-state index contributed by atoms with van der Waals surface area (Å²) in [6.07, 6.45) is 4.53. The summed E-state index contributed by atoms with van der Waals surface area (Å²) in [4.78, 5) is 30.9. The Morgan fingerprint density at radius 1 is 1.23 bits per heavy atom. The van der Waals surface area contributed by atoms with Gasteiger partial charge in [-0.2, -0.15) is 0 Å². The number of aromatic amines is 1. The number of hydrogen-bond acceptors (Lipinski definition) is 5. The highest BCUT2D eigenvalue weighted by atomic mass is 35.5. The zero-order chi connectivity index (χ0) is 24.8.